The minimum atomic E-state index is -0.618. The second-order valence-electron chi connectivity index (χ2n) is 4.09. The van der Waals surface area contributed by atoms with Crippen LogP contribution in [-0.2, 0) is 14.3 Å². The number of hydrogen-bond acceptors (Lipinski definition) is 4. The van der Waals surface area contributed by atoms with E-state index < -0.39 is 12.1 Å². The molecule has 0 rings (SSSR count). The first-order valence-corrected chi connectivity index (χ1v) is 6.73. The molecule has 4 heteroatoms. The van der Waals surface area contributed by atoms with Gasteiger partial charge in [-0.25, -0.2) is 0 Å². The summed E-state index contributed by atoms with van der Waals surface area (Å²) in [5.41, 5.74) is 0. The van der Waals surface area contributed by atoms with Gasteiger partial charge in [-0.3, -0.25) is 9.59 Å². The summed E-state index contributed by atoms with van der Waals surface area (Å²) in [6.07, 6.45) is 0.110. The molecule has 0 amide bonds. The van der Waals surface area contributed by atoms with Crippen molar-refractivity contribution in [1.82, 2.24) is 0 Å². The number of aldehydes is 1. The number of hydrogen-bond donors (Lipinski definition) is 0. The van der Waals surface area contributed by atoms with E-state index in [4.69, 9.17) is 4.74 Å². The Labute approximate surface area is 102 Å². The van der Waals surface area contributed by atoms with Gasteiger partial charge in [0.25, 0.3) is 0 Å². The highest BCUT2D eigenvalue weighted by Gasteiger charge is 2.28. The van der Waals surface area contributed by atoms with Gasteiger partial charge in [-0.05, 0) is 11.7 Å². The van der Waals surface area contributed by atoms with Crippen LogP contribution in [-0.4, -0.2) is 29.4 Å². The van der Waals surface area contributed by atoms with E-state index in [0.29, 0.717) is 11.2 Å². The van der Waals surface area contributed by atoms with E-state index in [1.54, 1.807) is 0 Å². The molecule has 4 atom stereocenters. The van der Waals surface area contributed by atoms with Crippen LogP contribution in [0.2, 0.25) is 0 Å². The normalized spacial score (nSPS) is 18.3. The number of ether oxygens (including phenoxy) is 1. The van der Waals surface area contributed by atoms with Crippen molar-refractivity contribution in [3.8, 4) is 0 Å². The summed E-state index contributed by atoms with van der Waals surface area (Å²) in [5.74, 6) is 1.04. The summed E-state index contributed by atoms with van der Waals surface area (Å²) in [7, 11) is 0. The van der Waals surface area contributed by atoms with Crippen LogP contribution in [0, 0.1) is 11.8 Å². The lowest BCUT2D eigenvalue weighted by Gasteiger charge is -2.28. The second-order valence-corrected chi connectivity index (χ2v) is 5.74. The van der Waals surface area contributed by atoms with Gasteiger partial charge in [0, 0.05) is 18.1 Å². The molecule has 94 valence electrons. The lowest BCUT2D eigenvalue weighted by atomic mass is 9.89. The van der Waals surface area contributed by atoms with Crippen molar-refractivity contribution in [2.24, 2.45) is 11.8 Å². The van der Waals surface area contributed by atoms with Gasteiger partial charge in [-0.1, -0.05) is 27.7 Å². The number of rotatable bonds is 7. The highest BCUT2D eigenvalue weighted by atomic mass is 32.2. The maximum atomic E-state index is 10.9. The molecule has 0 aliphatic heterocycles. The second kappa shape index (κ2) is 7.71. The van der Waals surface area contributed by atoms with E-state index in [1.165, 1.54) is 6.92 Å². The van der Waals surface area contributed by atoms with Gasteiger partial charge in [0.05, 0.1) is 0 Å². The minimum absolute atomic E-state index is 0.0513. The van der Waals surface area contributed by atoms with Crippen LogP contribution in [0.1, 0.15) is 34.6 Å². The fourth-order valence-corrected chi connectivity index (χ4v) is 2.67. The van der Waals surface area contributed by atoms with Crippen molar-refractivity contribution in [3.63, 3.8) is 0 Å². The maximum Gasteiger partial charge on any atom is 0.303 e. The Hall–Kier alpha value is -0.510. The van der Waals surface area contributed by atoms with Crippen LogP contribution >= 0.6 is 11.8 Å². The molecule has 0 N–H and O–H groups in total. The average molecular weight is 246 g/mol. The third kappa shape index (κ3) is 5.01. The number of carbonyl (C=O) groups is 2. The molecule has 16 heavy (non-hydrogen) atoms. The van der Waals surface area contributed by atoms with E-state index >= 15 is 0 Å². The standard InChI is InChI=1S/C12H22O3S/c1-6-16-10(4)8(2)9(3)12(7-13)15-11(5)14/h7-10,12H,6H2,1-5H3. The fraction of sp³-hybridized carbons (Fsp3) is 0.833. The lowest BCUT2D eigenvalue weighted by Crippen LogP contribution is -2.33. The molecule has 0 bridgehead atoms. The highest BCUT2D eigenvalue weighted by Crippen LogP contribution is 2.27. The molecule has 0 heterocycles. The Morgan fingerprint density at radius 2 is 1.88 bits per heavy atom. The van der Waals surface area contributed by atoms with E-state index in [9.17, 15) is 9.59 Å². The summed E-state index contributed by atoms with van der Waals surface area (Å²) in [5, 5.41) is 0.456. The van der Waals surface area contributed by atoms with Gasteiger partial charge >= 0.3 is 5.97 Å². The van der Waals surface area contributed by atoms with Crippen molar-refractivity contribution < 1.29 is 14.3 Å². The van der Waals surface area contributed by atoms with Gasteiger partial charge in [0.2, 0.25) is 0 Å². The Morgan fingerprint density at radius 1 is 1.31 bits per heavy atom. The van der Waals surface area contributed by atoms with Crippen LogP contribution in [0.25, 0.3) is 0 Å². The zero-order valence-corrected chi connectivity index (χ0v) is 11.5. The molecule has 0 spiro atoms. The van der Waals surface area contributed by atoms with Gasteiger partial charge < -0.3 is 4.74 Å². The molecule has 3 nitrogen and oxygen atoms in total. The quantitative estimate of drug-likeness (QED) is 0.511. The zero-order chi connectivity index (χ0) is 12.7. The van der Waals surface area contributed by atoms with Gasteiger partial charge in [0.15, 0.2) is 12.4 Å². The molecule has 0 fully saturated rings. The molecule has 0 aromatic rings. The number of thioether (sulfide) groups is 1. The molecule has 0 saturated heterocycles. The van der Waals surface area contributed by atoms with Crippen molar-refractivity contribution in [3.05, 3.63) is 0 Å². The van der Waals surface area contributed by atoms with Crippen LogP contribution in [0.4, 0.5) is 0 Å². The Kier molecular flexibility index (Phi) is 7.47. The summed E-state index contributed by atoms with van der Waals surface area (Å²) >= 11 is 1.86. The van der Waals surface area contributed by atoms with E-state index in [-0.39, 0.29) is 5.92 Å². The molecule has 0 aromatic heterocycles. The Bertz CT molecular complexity index is 230. The van der Waals surface area contributed by atoms with E-state index in [0.717, 1.165) is 12.0 Å². The molecular weight excluding hydrogens is 224 g/mol. The first-order valence-electron chi connectivity index (χ1n) is 5.68. The monoisotopic (exact) mass is 246 g/mol. The predicted molar refractivity (Wildman–Crippen MR) is 67.5 cm³/mol. The van der Waals surface area contributed by atoms with Crippen molar-refractivity contribution in [1.29, 1.82) is 0 Å². The predicted octanol–water partition coefficient (Wildman–Crippen LogP) is 2.53. The third-order valence-electron chi connectivity index (χ3n) is 2.95. The van der Waals surface area contributed by atoms with Crippen LogP contribution in [0.15, 0.2) is 0 Å². The summed E-state index contributed by atoms with van der Waals surface area (Å²) in [4.78, 5) is 21.7. The molecule has 0 radical (unpaired) electrons. The minimum Gasteiger partial charge on any atom is -0.455 e. The Balaban J connectivity index is 4.42. The van der Waals surface area contributed by atoms with Gasteiger partial charge in [0.1, 0.15) is 0 Å². The Morgan fingerprint density at radius 3 is 2.25 bits per heavy atom. The summed E-state index contributed by atoms with van der Waals surface area (Å²) in [6.45, 7) is 9.64. The average Bonchev–Trinajstić information content (AvgIpc) is 2.23. The summed E-state index contributed by atoms with van der Waals surface area (Å²) < 4.78 is 4.99. The van der Waals surface area contributed by atoms with Crippen molar-refractivity contribution >= 4 is 24.0 Å². The number of esters is 1. The van der Waals surface area contributed by atoms with Crippen molar-refractivity contribution in [2.45, 2.75) is 46.0 Å². The largest absolute Gasteiger partial charge is 0.455 e. The smallest absolute Gasteiger partial charge is 0.303 e. The first-order chi connectivity index (χ1) is 7.43. The van der Waals surface area contributed by atoms with Crippen LogP contribution in [0.5, 0.6) is 0 Å². The molecule has 0 aromatic carbocycles. The highest BCUT2D eigenvalue weighted by molar-refractivity contribution is 7.99. The van der Waals surface area contributed by atoms with E-state index in [1.807, 2.05) is 18.7 Å². The number of carbonyl (C=O) groups excluding carboxylic acids is 2. The van der Waals surface area contributed by atoms with Gasteiger partial charge in [-0.2, -0.15) is 11.8 Å². The van der Waals surface area contributed by atoms with E-state index in [2.05, 4.69) is 20.8 Å². The molecule has 0 aliphatic carbocycles. The van der Waals surface area contributed by atoms with Crippen LogP contribution < -0.4 is 0 Å². The maximum absolute atomic E-state index is 10.9. The van der Waals surface area contributed by atoms with Gasteiger partial charge in [-0.15, -0.1) is 0 Å². The molecular formula is C12H22O3S. The van der Waals surface area contributed by atoms with Crippen molar-refractivity contribution in [2.75, 3.05) is 5.75 Å². The molecule has 0 saturated carbocycles. The zero-order valence-electron chi connectivity index (χ0n) is 10.7. The topological polar surface area (TPSA) is 43.4 Å². The third-order valence-corrected chi connectivity index (χ3v) is 4.24. The SMILES string of the molecule is CCSC(C)C(C)C(C)C(C=O)OC(C)=O. The molecule has 0 aliphatic rings. The first kappa shape index (κ1) is 15.5. The summed E-state index contributed by atoms with van der Waals surface area (Å²) in [6, 6.07) is 0. The molecule has 4 unspecified atom stereocenters. The fourth-order valence-electron chi connectivity index (χ4n) is 1.59. The lowest BCUT2D eigenvalue weighted by molar-refractivity contribution is -0.153. The van der Waals surface area contributed by atoms with Crippen LogP contribution in [0.3, 0.4) is 0 Å².